The minimum Gasteiger partial charge on any atom is -0.201 e. The summed E-state index contributed by atoms with van der Waals surface area (Å²) in [7, 11) is 10.6. The minimum absolute atomic E-state index is 0.319. The van der Waals surface area contributed by atoms with Crippen molar-refractivity contribution >= 4 is 0 Å². The first-order chi connectivity index (χ1) is 58.0. The Balaban J connectivity index is 0.000000130. The second-order valence-corrected chi connectivity index (χ2v) is 35.3. The van der Waals surface area contributed by atoms with Crippen LogP contribution in [0.25, 0.3) is 112 Å². The molecule has 2 aliphatic carbocycles. The Kier molecular flexibility index (Phi) is 28.7. The first kappa shape index (κ1) is 85.8. The Morgan fingerprint density at radius 2 is 0.500 bits per heavy atom. The van der Waals surface area contributed by atoms with Gasteiger partial charge in [-0.2, -0.15) is 0 Å². The standard InChI is InChI=1S/C25H28N.C24H26N.C24H28N.C22H24N.C20H20N/c1-19-8-6-7-11-24(19)25-18-23(16-17-26(25)2)22-14-12-21(13-15-22)20-9-4-3-5-10-20;1-18-7-3-6-10-23(18)24-17-22(15-16-25(24)2)21-13-11-20(12-14-21)19-8-4-5-9-19;1-18-8-6-7-9-22(18)23-16-21(14-15-25(23)5)20-12-10-19(11-13-20)17-24(2,3)4;1-16(2)18-9-11-19(12-10-18)20-13-14-23(4)22(15-20)21-8-6-5-7-17(21)3;1-15-8-10-17(11-9-15)18-12-13-21(3)20(14-18)19-7-5-4-6-16(19)2/h6-8,11-18,20H,3-5,9-10H2,1-2H3;3,6-7,10-17,19H,4-5,8-9H2,1-2H3;6-16H,17H2,1-5H3;5-16H,1-4H3;4-14H,1-3H3/q5*+1. The van der Waals surface area contributed by atoms with Gasteiger partial charge in [-0.05, 0) is 233 Å². The molecule has 10 aromatic carbocycles. The van der Waals surface area contributed by atoms with Crippen LogP contribution in [-0.2, 0) is 41.7 Å². The van der Waals surface area contributed by atoms with E-state index in [9.17, 15) is 0 Å². The van der Waals surface area contributed by atoms with Crippen LogP contribution in [-0.4, -0.2) is 0 Å². The van der Waals surface area contributed by atoms with Crippen LogP contribution in [0.1, 0.15) is 166 Å². The zero-order chi connectivity index (χ0) is 84.4. The molecule has 0 atom stereocenters. The smallest absolute Gasteiger partial charge is 0.201 e. The third-order valence-corrected chi connectivity index (χ3v) is 24.6. The van der Waals surface area contributed by atoms with Crippen molar-refractivity contribution in [2.75, 3.05) is 0 Å². The van der Waals surface area contributed by atoms with Crippen LogP contribution in [0, 0.1) is 47.0 Å². The van der Waals surface area contributed by atoms with Gasteiger partial charge in [0, 0.05) is 88.5 Å². The van der Waals surface area contributed by atoms with Crippen molar-refractivity contribution < 1.29 is 22.8 Å². The van der Waals surface area contributed by atoms with Crippen LogP contribution in [0.15, 0.2) is 334 Å². The van der Waals surface area contributed by atoms with Crippen LogP contribution in [0.4, 0.5) is 0 Å². The quantitative estimate of drug-likeness (QED) is 0.0967. The summed E-state index contributed by atoms with van der Waals surface area (Å²) >= 11 is 0. The molecule has 2 fully saturated rings. The van der Waals surface area contributed by atoms with E-state index < -0.39 is 0 Å². The zero-order valence-corrected chi connectivity index (χ0v) is 74.3. The minimum atomic E-state index is 0.319. The molecule has 0 bridgehead atoms. The van der Waals surface area contributed by atoms with Gasteiger partial charge in [-0.15, -0.1) is 0 Å². The van der Waals surface area contributed by atoms with Crippen molar-refractivity contribution in [2.24, 2.45) is 40.7 Å². The van der Waals surface area contributed by atoms with Gasteiger partial charge in [-0.1, -0.05) is 285 Å². The maximum Gasteiger partial charge on any atom is 0.213 e. The largest absolute Gasteiger partial charge is 0.213 e. The summed E-state index contributed by atoms with van der Waals surface area (Å²) in [5.74, 6) is 2.12. The summed E-state index contributed by atoms with van der Waals surface area (Å²) in [6.07, 6.45) is 24.3. The maximum absolute atomic E-state index is 2.35. The number of rotatable bonds is 14. The van der Waals surface area contributed by atoms with Crippen LogP contribution in [0.2, 0.25) is 0 Å². The van der Waals surface area contributed by atoms with Gasteiger partial charge in [0.15, 0.2) is 31.0 Å². The van der Waals surface area contributed by atoms with Gasteiger partial charge < -0.3 is 0 Å². The molecule has 0 unspecified atom stereocenters. The van der Waals surface area contributed by atoms with E-state index >= 15 is 0 Å². The fourth-order valence-electron chi connectivity index (χ4n) is 17.2. The SMILES string of the molecule is Cc1ccc(-c2cc[n+](C)c(-c3ccccc3C)c2)cc1.Cc1ccccc1-c1cc(-c2ccc(C(C)C)cc2)cc[n+]1C.Cc1ccccc1-c1cc(-c2ccc(C3CCCC3)cc2)cc[n+]1C.Cc1ccccc1-c1cc(-c2ccc(C3CCCCC3)cc2)cc[n+]1C.Cc1ccccc1-c1cc(-c2ccc(CC(C)(C)C)cc2)cc[n+]1C. The fraction of sp³-hybridized carbons (Fsp3) is 0.261. The van der Waals surface area contributed by atoms with Crippen molar-refractivity contribution in [1.29, 1.82) is 0 Å². The lowest BCUT2D eigenvalue weighted by atomic mass is 9.84. The molecule has 17 rings (SSSR count). The number of nitrogens with zero attached hydrogens (tertiary/aromatic N) is 5. The molecular formula is C115H126N5+5. The number of benzene rings is 10. The topological polar surface area (TPSA) is 19.4 Å². The van der Waals surface area contributed by atoms with Gasteiger partial charge in [-0.3, -0.25) is 0 Å². The zero-order valence-electron chi connectivity index (χ0n) is 74.3. The van der Waals surface area contributed by atoms with E-state index in [2.05, 4.69) is 469 Å². The van der Waals surface area contributed by atoms with Crippen LogP contribution < -0.4 is 22.8 Å². The Bertz CT molecular complexity index is 5910. The van der Waals surface area contributed by atoms with E-state index in [1.165, 1.54) is 225 Å². The molecule has 15 aromatic rings. The monoisotopic (exact) mass is 1580 g/mol. The van der Waals surface area contributed by atoms with Gasteiger partial charge in [0.1, 0.15) is 35.2 Å². The van der Waals surface area contributed by atoms with Crippen LogP contribution in [0.3, 0.4) is 0 Å². The van der Waals surface area contributed by atoms with Crippen molar-refractivity contribution in [1.82, 2.24) is 0 Å². The summed E-state index contributed by atoms with van der Waals surface area (Å²) in [5.41, 5.74) is 39.4. The number of hydrogen-bond acceptors (Lipinski definition) is 0. The van der Waals surface area contributed by atoms with Gasteiger partial charge in [0.2, 0.25) is 28.5 Å². The Morgan fingerprint density at radius 3 is 0.750 bits per heavy atom. The highest BCUT2D eigenvalue weighted by atomic mass is 14.9. The molecule has 0 saturated heterocycles. The lowest BCUT2D eigenvalue weighted by Crippen LogP contribution is -2.30. The molecule has 5 heterocycles. The molecule has 5 nitrogen and oxygen atoms in total. The van der Waals surface area contributed by atoms with Gasteiger partial charge in [0.25, 0.3) is 0 Å². The number of hydrogen-bond donors (Lipinski definition) is 0. The summed E-state index contributed by atoms with van der Waals surface area (Å²) in [5, 5.41) is 0. The summed E-state index contributed by atoms with van der Waals surface area (Å²) in [6, 6.07) is 111. The normalized spacial score (nSPS) is 12.7. The van der Waals surface area contributed by atoms with E-state index in [4.69, 9.17) is 0 Å². The van der Waals surface area contributed by atoms with Gasteiger partial charge in [-0.25, -0.2) is 22.8 Å². The van der Waals surface area contributed by atoms with Crippen molar-refractivity contribution in [2.45, 2.75) is 158 Å². The fourth-order valence-corrected chi connectivity index (χ4v) is 17.2. The van der Waals surface area contributed by atoms with Gasteiger partial charge in [0.05, 0.1) is 0 Å². The molecule has 0 radical (unpaired) electrons. The first-order valence-electron chi connectivity index (χ1n) is 43.7. The Hall–Kier alpha value is -12.1. The lowest BCUT2D eigenvalue weighted by molar-refractivity contribution is -0.660. The second kappa shape index (κ2) is 40.1. The Morgan fingerprint density at radius 1 is 0.267 bits per heavy atom. The van der Waals surface area contributed by atoms with Crippen LogP contribution in [0.5, 0.6) is 0 Å². The van der Waals surface area contributed by atoms with E-state index in [1.54, 1.807) is 0 Å². The molecule has 0 N–H and O–H groups in total. The molecule has 2 aliphatic rings. The predicted molar refractivity (Wildman–Crippen MR) is 505 cm³/mol. The first-order valence-corrected chi connectivity index (χ1v) is 43.7. The number of pyridine rings is 5. The number of aryl methyl sites for hydroxylation is 11. The third-order valence-electron chi connectivity index (χ3n) is 24.6. The molecule has 0 amide bonds. The highest BCUT2D eigenvalue weighted by Crippen LogP contribution is 2.38. The summed E-state index contributed by atoms with van der Waals surface area (Å²) in [4.78, 5) is 0. The average molecular weight is 1580 g/mol. The summed E-state index contributed by atoms with van der Waals surface area (Å²) < 4.78 is 11.0. The van der Waals surface area contributed by atoms with Crippen molar-refractivity contribution in [3.8, 4) is 112 Å². The lowest BCUT2D eigenvalue weighted by Gasteiger charge is -2.22. The highest BCUT2D eigenvalue weighted by Gasteiger charge is 2.23. The molecule has 5 aromatic heterocycles. The van der Waals surface area contributed by atoms with Gasteiger partial charge >= 0.3 is 0 Å². The predicted octanol–water partition coefficient (Wildman–Crippen LogP) is 27.5. The van der Waals surface area contributed by atoms with E-state index in [-0.39, 0.29) is 0 Å². The van der Waals surface area contributed by atoms with Crippen molar-refractivity contribution in [3.05, 3.63) is 390 Å². The Labute approximate surface area is 718 Å². The molecule has 0 spiro atoms. The molecule has 0 aliphatic heterocycles. The second-order valence-electron chi connectivity index (χ2n) is 35.3. The van der Waals surface area contributed by atoms with E-state index in [0.717, 1.165) is 18.3 Å². The number of aromatic nitrogens is 5. The molecule has 2 saturated carbocycles. The van der Waals surface area contributed by atoms with E-state index in [0.29, 0.717) is 11.3 Å². The molecule has 5 heteroatoms. The van der Waals surface area contributed by atoms with E-state index in [1.807, 2.05) is 0 Å². The highest BCUT2D eigenvalue weighted by molar-refractivity contribution is 5.76. The van der Waals surface area contributed by atoms with Crippen LogP contribution >= 0.6 is 0 Å². The third kappa shape index (κ3) is 22.1. The maximum atomic E-state index is 2.35. The van der Waals surface area contributed by atoms with Crippen molar-refractivity contribution in [3.63, 3.8) is 0 Å². The molecule has 606 valence electrons. The molecular weight excluding hydrogens is 1450 g/mol. The molecule has 120 heavy (non-hydrogen) atoms. The average Bonchev–Trinajstić information content (AvgIpc) is 1.05. The summed E-state index contributed by atoms with van der Waals surface area (Å²) in [6.45, 7) is 24.3.